The second-order valence-corrected chi connectivity index (χ2v) is 8.89. The summed E-state index contributed by atoms with van der Waals surface area (Å²) in [5.74, 6) is 0.852. The number of imidazole rings is 1. The smallest absolute Gasteiger partial charge is 0.257 e. The molecule has 0 saturated heterocycles. The molecule has 2 aliphatic heterocycles. The quantitative estimate of drug-likeness (QED) is 0.907. The molecule has 124 valence electrons. The van der Waals surface area contributed by atoms with E-state index in [4.69, 9.17) is 4.74 Å². The summed E-state index contributed by atoms with van der Waals surface area (Å²) in [6.07, 6.45) is 4.14. The summed E-state index contributed by atoms with van der Waals surface area (Å²) >= 11 is 1.70. The maximum absolute atomic E-state index is 12.7. The fourth-order valence-corrected chi connectivity index (χ4v) is 5.62. The van der Waals surface area contributed by atoms with Crippen LogP contribution in [0.3, 0.4) is 0 Å². The topological polar surface area (TPSA) is 73.2 Å². The summed E-state index contributed by atoms with van der Waals surface area (Å²) in [4.78, 5) is 5.50. The van der Waals surface area contributed by atoms with E-state index in [0.29, 0.717) is 13.2 Å². The Morgan fingerprint density at radius 1 is 1.48 bits per heavy atom. The molecule has 0 aromatic carbocycles. The first-order chi connectivity index (χ1) is 11.0. The highest BCUT2D eigenvalue weighted by atomic mass is 32.2. The van der Waals surface area contributed by atoms with Crippen molar-refractivity contribution in [2.24, 2.45) is 0 Å². The van der Waals surface area contributed by atoms with Crippen molar-refractivity contribution in [3.05, 3.63) is 33.9 Å². The minimum Gasteiger partial charge on any atom is -0.369 e. The first-order valence-electron chi connectivity index (χ1n) is 7.74. The average Bonchev–Trinajstić information content (AvgIpc) is 3.21. The molecule has 0 radical (unpaired) electrons. The van der Waals surface area contributed by atoms with Gasteiger partial charge in [0.1, 0.15) is 11.4 Å². The number of nitrogens with zero attached hydrogens (tertiary/aromatic N) is 2. The molecule has 1 N–H and O–H groups in total. The van der Waals surface area contributed by atoms with Gasteiger partial charge in [0.05, 0.1) is 12.8 Å². The molecule has 2 aromatic rings. The van der Waals surface area contributed by atoms with Crippen molar-refractivity contribution >= 4 is 21.4 Å². The Balaban J connectivity index is 1.57. The van der Waals surface area contributed by atoms with Crippen molar-refractivity contribution in [3.8, 4) is 0 Å². The molecule has 0 bridgehead atoms. The summed E-state index contributed by atoms with van der Waals surface area (Å²) in [6, 6.07) is 2.03. The fourth-order valence-electron chi connectivity index (χ4n) is 3.35. The molecule has 23 heavy (non-hydrogen) atoms. The van der Waals surface area contributed by atoms with Crippen molar-refractivity contribution in [2.75, 3.05) is 13.2 Å². The second-order valence-electron chi connectivity index (χ2n) is 6.18. The molecule has 1 unspecified atom stereocenters. The largest absolute Gasteiger partial charge is 0.369 e. The normalized spacial score (nSPS) is 23.7. The number of hydrogen-bond donors (Lipinski definition) is 1. The third-order valence-electron chi connectivity index (χ3n) is 4.62. The Morgan fingerprint density at radius 3 is 3.22 bits per heavy atom. The Kier molecular flexibility index (Phi) is 3.60. The molecule has 0 fully saturated rings. The van der Waals surface area contributed by atoms with Crippen molar-refractivity contribution in [2.45, 2.75) is 43.4 Å². The van der Waals surface area contributed by atoms with E-state index in [1.54, 1.807) is 15.9 Å². The van der Waals surface area contributed by atoms with E-state index < -0.39 is 15.6 Å². The van der Waals surface area contributed by atoms with Crippen LogP contribution in [-0.4, -0.2) is 31.1 Å². The molecule has 2 aliphatic rings. The minimum absolute atomic E-state index is 0.222. The minimum atomic E-state index is -3.59. The number of ether oxygens (including phenoxy) is 1. The monoisotopic (exact) mass is 353 g/mol. The van der Waals surface area contributed by atoms with Gasteiger partial charge in [-0.05, 0) is 30.4 Å². The number of sulfonamides is 1. The number of rotatable bonds is 4. The van der Waals surface area contributed by atoms with Gasteiger partial charge in [-0.2, -0.15) is 0 Å². The van der Waals surface area contributed by atoms with E-state index in [-0.39, 0.29) is 11.6 Å². The Morgan fingerprint density at radius 2 is 2.35 bits per heavy atom. The summed E-state index contributed by atoms with van der Waals surface area (Å²) in [5.41, 5.74) is 0.476. The van der Waals surface area contributed by atoms with Crippen LogP contribution in [0.15, 0.2) is 22.7 Å². The van der Waals surface area contributed by atoms with Crippen molar-refractivity contribution in [1.82, 2.24) is 14.3 Å². The van der Waals surface area contributed by atoms with Gasteiger partial charge in [0.2, 0.25) is 0 Å². The third kappa shape index (κ3) is 2.53. The molecule has 1 atom stereocenters. The van der Waals surface area contributed by atoms with E-state index in [1.165, 1.54) is 11.1 Å². The summed E-state index contributed by atoms with van der Waals surface area (Å²) in [6.45, 7) is 3.50. The Labute approximate surface area is 139 Å². The van der Waals surface area contributed by atoms with Crippen LogP contribution in [0, 0.1) is 0 Å². The molecule has 0 aliphatic carbocycles. The van der Waals surface area contributed by atoms with Crippen molar-refractivity contribution in [1.29, 1.82) is 0 Å². The van der Waals surface area contributed by atoms with E-state index in [2.05, 4.69) is 9.71 Å². The summed E-state index contributed by atoms with van der Waals surface area (Å²) < 4.78 is 35.8. The van der Waals surface area contributed by atoms with Gasteiger partial charge in [-0.15, -0.1) is 11.3 Å². The molecule has 2 aromatic heterocycles. The Bertz CT molecular complexity index is 840. The second kappa shape index (κ2) is 5.41. The van der Waals surface area contributed by atoms with Crippen LogP contribution in [0.5, 0.6) is 0 Å². The van der Waals surface area contributed by atoms with Gasteiger partial charge in [-0.1, -0.05) is 0 Å². The summed E-state index contributed by atoms with van der Waals surface area (Å²) in [7, 11) is -3.59. The standard InChI is InChI=1S/C15H19N3O3S2/c1-15(11-5-8-22-12(11)4-7-21-15)10-17-23(19,20)14-9-16-13-3-2-6-18(13)14/h5,8-9,17H,2-4,6-7,10H2,1H3. The SMILES string of the molecule is CC1(CNS(=O)(=O)c2cnc3n2CCC3)OCCc2sccc21. The van der Waals surface area contributed by atoms with E-state index in [9.17, 15) is 8.42 Å². The summed E-state index contributed by atoms with van der Waals surface area (Å²) in [5, 5.41) is 2.30. The number of thiophene rings is 1. The predicted molar refractivity (Wildman–Crippen MR) is 87.1 cm³/mol. The van der Waals surface area contributed by atoms with Crippen LogP contribution in [0.25, 0.3) is 0 Å². The first-order valence-corrected chi connectivity index (χ1v) is 10.1. The van der Waals surface area contributed by atoms with Crippen LogP contribution >= 0.6 is 11.3 Å². The van der Waals surface area contributed by atoms with Gasteiger partial charge in [0.25, 0.3) is 10.0 Å². The van der Waals surface area contributed by atoms with Gasteiger partial charge in [-0.3, -0.25) is 0 Å². The zero-order valence-electron chi connectivity index (χ0n) is 12.9. The van der Waals surface area contributed by atoms with Crippen LogP contribution in [0.2, 0.25) is 0 Å². The van der Waals surface area contributed by atoms with Gasteiger partial charge >= 0.3 is 0 Å². The highest BCUT2D eigenvalue weighted by Crippen LogP contribution is 2.35. The average molecular weight is 353 g/mol. The molecule has 4 heterocycles. The third-order valence-corrected chi connectivity index (χ3v) is 7.01. The van der Waals surface area contributed by atoms with Crippen LogP contribution in [0.4, 0.5) is 0 Å². The molecule has 6 nitrogen and oxygen atoms in total. The van der Waals surface area contributed by atoms with E-state index >= 15 is 0 Å². The lowest BCUT2D eigenvalue weighted by Crippen LogP contribution is -2.43. The van der Waals surface area contributed by atoms with Crippen LogP contribution in [-0.2, 0) is 39.7 Å². The fraction of sp³-hybridized carbons (Fsp3) is 0.533. The molecule has 8 heteroatoms. The molecule has 0 amide bonds. The number of aromatic nitrogens is 2. The zero-order valence-corrected chi connectivity index (χ0v) is 14.5. The highest BCUT2D eigenvalue weighted by molar-refractivity contribution is 7.89. The molecule has 0 spiro atoms. The first kappa shape index (κ1) is 15.3. The van der Waals surface area contributed by atoms with Gasteiger partial charge < -0.3 is 9.30 Å². The van der Waals surface area contributed by atoms with E-state index in [1.807, 2.05) is 18.4 Å². The van der Waals surface area contributed by atoms with Gasteiger partial charge in [0, 0.05) is 30.8 Å². The maximum Gasteiger partial charge on any atom is 0.257 e. The Hall–Kier alpha value is -1.22. The molecule has 0 saturated carbocycles. The van der Waals surface area contributed by atoms with Crippen molar-refractivity contribution < 1.29 is 13.2 Å². The molecular weight excluding hydrogens is 334 g/mol. The number of fused-ring (bicyclic) bond motifs is 2. The maximum atomic E-state index is 12.7. The predicted octanol–water partition coefficient (Wildman–Crippen LogP) is 1.66. The van der Waals surface area contributed by atoms with Crippen LogP contribution in [0.1, 0.15) is 29.6 Å². The lowest BCUT2D eigenvalue weighted by Gasteiger charge is -2.34. The zero-order chi connectivity index (χ0) is 16.1. The molecular formula is C15H19N3O3S2. The van der Waals surface area contributed by atoms with Gasteiger partial charge in [-0.25, -0.2) is 18.1 Å². The number of nitrogens with one attached hydrogen (secondary N) is 1. The van der Waals surface area contributed by atoms with Gasteiger partial charge in [0.15, 0.2) is 5.03 Å². The molecule has 4 rings (SSSR count). The lowest BCUT2D eigenvalue weighted by atomic mass is 9.93. The highest BCUT2D eigenvalue weighted by Gasteiger charge is 2.36. The van der Waals surface area contributed by atoms with Crippen LogP contribution < -0.4 is 4.72 Å². The van der Waals surface area contributed by atoms with Crippen molar-refractivity contribution in [3.63, 3.8) is 0 Å². The lowest BCUT2D eigenvalue weighted by molar-refractivity contribution is -0.0403. The number of hydrogen-bond acceptors (Lipinski definition) is 5. The number of aryl methyl sites for hydroxylation is 1. The van der Waals surface area contributed by atoms with E-state index in [0.717, 1.165) is 30.7 Å².